The van der Waals surface area contributed by atoms with Crippen LogP contribution in [0.1, 0.15) is 49.4 Å². The van der Waals surface area contributed by atoms with Crippen molar-refractivity contribution in [3.63, 3.8) is 0 Å². The zero-order chi connectivity index (χ0) is 13.2. The molecular formula is C17H22N2. The Balaban J connectivity index is 1.87. The van der Waals surface area contributed by atoms with Crippen molar-refractivity contribution in [2.24, 2.45) is 11.7 Å². The number of para-hydroxylation sites is 1. The molecule has 2 N–H and O–H groups in total. The van der Waals surface area contributed by atoms with Crippen LogP contribution in [-0.2, 0) is 0 Å². The molecule has 1 aromatic carbocycles. The SMILES string of the molecule is Cc1cc(C(N)CC2CCCC2)nc2ccccc12. The average Bonchev–Trinajstić information content (AvgIpc) is 2.91. The van der Waals surface area contributed by atoms with E-state index in [-0.39, 0.29) is 6.04 Å². The predicted molar refractivity (Wildman–Crippen MR) is 80.0 cm³/mol. The second-order valence-corrected chi connectivity index (χ2v) is 5.87. The number of pyridine rings is 1. The van der Waals surface area contributed by atoms with E-state index < -0.39 is 0 Å². The second-order valence-electron chi connectivity index (χ2n) is 5.87. The van der Waals surface area contributed by atoms with Gasteiger partial charge in [-0.05, 0) is 37.0 Å². The molecule has 0 spiro atoms. The van der Waals surface area contributed by atoms with Gasteiger partial charge in [-0.1, -0.05) is 43.9 Å². The van der Waals surface area contributed by atoms with Gasteiger partial charge in [0.1, 0.15) is 0 Å². The molecule has 100 valence electrons. The number of rotatable bonds is 3. The molecule has 1 heterocycles. The number of nitrogens with zero attached hydrogens (tertiary/aromatic N) is 1. The molecule has 3 rings (SSSR count). The lowest BCUT2D eigenvalue weighted by atomic mass is 9.95. The first-order valence-corrected chi connectivity index (χ1v) is 7.36. The fourth-order valence-corrected chi connectivity index (χ4v) is 3.29. The minimum absolute atomic E-state index is 0.0893. The molecule has 0 saturated heterocycles. The van der Waals surface area contributed by atoms with Gasteiger partial charge in [0.15, 0.2) is 0 Å². The van der Waals surface area contributed by atoms with Crippen LogP contribution in [0.4, 0.5) is 0 Å². The van der Waals surface area contributed by atoms with E-state index in [1.54, 1.807) is 0 Å². The lowest BCUT2D eigenvalue weighted by Crippen LogP contribution is -2.16. The molecule has 1 aliphatic rings. The summed E-state index contributed by atoms with van der Waals surface area (Å²) < 4.78 is 0. The minimum atomic E-state index is 0.0893. The number of aryl methyl sites for hydroxylation is 1. The van der Waals surface area contributed by atoms with Gasteiger partial charge in [-0.25, -0.2) is 0 Å². The number of benzene rings is 1. The van der Waals surface area contributed by atoms with Crippen LogP contribution in [0.25, 0.3) is 10.9 Å². The normalized spacial score (nSPS) is 18.0. The van der Waals surface area contributed by atoms with Crippen LogP contribution in [-0.4, -0.2) is 4.98 Å². The first-order chi connectivity index (χ1) is 9.24. The van der Waals surface area contributed by atoms with Crippen LogP contribution in [0.15, 0.2) is 30.3 Å². The van der Waals surface area contributed by atoms with Crippen LogP contribution in [0.5, 0.6) is 0 Å². The molecule has 0 aliphatic heterocycles. The van der Waals surface area contributed by atoms with E-state index in [4.69, 9.17) is 10.7 Å². The Morgan fingerprint density at radius 3 is 2.79 bits per heavy atom. The lowest BCUT2D eigenvalue weighted by Gasteiger charge is -2.17. The van der Waals surface area contributed by atoms with E-state index >= 15 is 0 Å². The summed E-state index contributed by atoms with van der Waals surface area (Å²) in [7, 11) is 0. The summed E-state index contributed by atoms with van der Waals surface area (Å²) in [5, 5.41) is 1.24. The topological polar surface area (TPSA) is 38.9 Å². The van der Waals surface area contributed by atoms with Crippen LogP contribution in [0, 0.1) is 12.8 Å². The van der Waals surface area contributed by atoms with Crippen molar-refractivity contribution in [3.05, 3.63) is 41.6 Å². The highest BCUT2D eigenvalue weighted by atomic mass is 14.8. The zero-order valence-corrected chi connectivity index (χ0v) is 11.6. The van der Waals surface area contributed by atoms with Crippen molar-refractivity contribution in [1.82, 2.24) is 4.98 Å². The molecule has 1 atom stereocenters. The van der Waals surface area contributed by atoms with Gasteiger partial charge in [0.05, 0.1) is 11.2 Å². The molecule has 1 saturated carbocycles. The highest BCUT2D eigenvalue weighted by molar-refractivity contribution is 5.82. The third kappa shape index (κ3) is 2.64. The van der Waals surface area contributed by atoms with E-state index in [0.29, 0.717) is 0 Å². The van der Waals surface area contributed by atoms with Gasteiger partial charge >= 0.3 is 0 Å². The summed E-state index contributed by atoms with van der Waals surface area (Å²) in [5.74, 6) is 0.809. The van der Waals surface area contributed by atoms with Crippen molar-refractivity contribution in [2.75, 3.05) is 0 Å². The summed E-state index contributed by atoms with van der Waals surface area (Å²) in [5.41, 5.74) is 9.78. The Morgan fingerprint density at radius 2 is 2.00 bits per heavy atom. The fourth-order valence-electron chi connectivity index (χ4n) is 3.29. The van der Waals surface area contributed by atoms with Gasteiger partial charge in [0, 0.05) is 11.4 Å². The summed E-state index contributed by atoms with van der Waals surface area (Å²) in [6.45, 7) is 2.15. The van der Waals surface area contributed by atoms with Crippen molar-refractivity contribution in [3.8, 4) is 0 Å². The Labute approximate surface area is 115 Å². The quantitative estimate of drug-likeness (QED) is 0.894. The van der Waals surface area contributed by atoms with Gasteiger partial charge in [0.25, 0.3) is 0 Å². The maximum atomic E-state index is 6.37. The van der Waals surface area contributed by atoms with Crippen molar-refractivity contribution >= 4 is 10.9 Å². The molecular weight excluding hydrogens is 232 g/mol. The Morgan fingerprint density at radius 1 is 1.26 bits per heavy atom. The summed E-state index contributed by atoms with van der Waals surface area (Å²) in [6.07, 6.45) is 6.54. The van der Waals surface area contributed by atoms with Crippen molar-refractivity contribution < 1.29 is 0 Å². The molecule has 0 radical (unpaired) electrons. The number of fused-ring (bicyclic) bond motifs is 1. The largest absolute Gasteiger partial charge is 0.323 e. The minimum Gasteiger partial charge on any atom is -0.323 e. The first kappa shape index (κ1) is 12.6. The second kappa shape index (κ2) is 5.30. The molecule has 1 unspecified atom stereocenters. The molecule has 1 aromatic heterocycles. The molecule has 2 heteroatoms. The zero-order valence-electron chi connectivity index (χ0n) is 11.6. The number of hydrogen-bond donors (Lipinski definition) is 1. The molecule has 2 nitrogen and oxygen atoms in total. The smallest absolute Gasteiger partial charge is 0.0708 e. The van der Waals surface area contributed by atoms with Gasteiger partial charge in [-0.15, -0.1) is 0 Å². The molecule has 0 amide bonds. The standard InChI is InChI=1S/C17H22N2/c1-12-10-17(15(18)11-13-6-2-3-7-13)19-16-9-5-4-8-14(12)16/h4-5,8-10,13,15H,2-3,6-7,11,18H2,1H3. The van der Waals surface area contributed by atoms with E-state index in [0.717, 1.165) is 23.5 Å². The number of aromatic nitrogens is 1. The van der Waals surface area contributed by atoms with Gasteiger partial charge < -0.3 is 5.73 Å². The van der Waals surface area contributed by atoms with E-state index in [1.807, 2.05) is 6.07 Å². The molecule has 1 aliphatic carbocycles. The Hall–Kier alpha value is -1.41. The molecule has 2 aromatic rings. The number of nitrogens with two attached hydrogens (primary N) is 1. The van der Waals surface area contributed by atoms with E-state index in [1.165, 1.54) is 36.6 Å². The van der Waals surface area contributed by atoms with Crippen molar-refractivity contribution in [2.45, 2.75) is 45.1 Å². The van der Waals surface area contributed by atoms with Gasteiger partial charge in [-0.2, -0.15) is 0 Å². The summed E-state index contributed by atoms with van der Waals surface area (Å²) in [4.78, 5) is 4.75. The average molecular weight is 254 g/mol. The Kier molecular flexibility index (Phi) is 3.52. The highest BCUT2D eigenvalue weighted by Gasteiger charge is 2.20. The van der Waals surface area contributed by atoms with Gasteiger partial charge in [-0.3, -0.25) is 4.98 Å². The lowest BCUT2D eigenvalue weighted by molar-refractivity contribution is 0.446. The molecule has 19 heavy (non-hydrogen) atoms. The summed E-state index contributed by atoms with van der Waals surface area (Å²) >= 11 is 0. The first-order valence-electron chi connectivity index (χ1n) is 7.36. The van der Waals surface area contributed by atoms with E-state index in [2.05, 4.69) is 31.2 Å². The van der Waals surface area contributed by atoms with Gasteiger partial charge in [0.2, 0.25) is 0 Å². The fraction of sp³-hybridized carbons (Fsp3) is 0.471. The maximum absolute atomic E-state index is 6.37. The highest BCUT2D eigenvalue weighted by Crippen LogP contribution is 2.32. The van der Waals surface area contributed by atoms with Crippen LogP contribution >= 0.6 is 0 Å². The molecule has 0 bridgehead atoms. The molecule has 1 fully saturated rings. The predicted octanol–water partition coefficient (Wildman–Crippen LogP) is 4.12. The van der Waals surface area contributed by atoms with Crippen LogP contribution in [0.3, 0.4) is 0 Å². The maximum Gasteiger partial charge on any atom is 0.0708 e. The third-order valence-corrected chi connectivity index (χ3v) is 4.38. The summed E-state index contributed by atoms with van der Waals surface area (Å²) in [6, 6.07) is 10.6. The third-order valence-electron chi connectivity index (χ3n) is 4.38. The van der Waals surface area contributed by atoms with Crippen LogP contribution < -0.4 is 5.73 Å². The van der Waals surface area contributed by atoms with Crippen LogP contribution in [0.2, 0.25) is 0 Å². The van der Waals surface area contributed by atoms with Crippen molar-refractivity contribution in [1.29, 1.82) is 0 Å². The Bertz CT molecular complexity index is 570. The number of hydrogen-bond acceptors (Lipinski definition) is 2. The monoisotopic (exact) mass is 254 g/mol. The van der Waals surface area contributed by atoms with E-state index in [9.17, 15) is 0 Å².